The van der Waals surface area contributed by atoms with Crippen LogP contribution in [0.25, 0.3) is 0 Å². The first kappa shape index (κ1) is 16.4. The Bertz CT molecular complexity index is 258. The molecule has 0 bridgehead atoms. The van der Waals surface area contributed by atoms with Crippen LogP contribution < -0.4 is 5.73 Å². The summed E-state index contributed by atoms with van der Waals surface area (Å²) < 4.78 is 0. The van der Waals surface area contributed by atoms with Gasteiger partial charge in [0.25, 0.3) is 0 Å². The van der Waals surface area contributed by atoms with Crippen molar-refractivity contribution in [3.8, 4) is 0 Å². The molecule has 0 saturated carbocycles. The van der Waals surface area contributed by atoms with Crippen molar-refractivity contribution in [2.45, 2.75) is 52.5 Å². The van der Waals surface area contributed by atoms with Gasteiger partial charge in [-0.2, -0.15) is 0 Å². The molecule has 0 spiro atoms. The number of likely N-dealkylation sites (tertiary alicyclic amines) is 1. The Hall–Kier alpha value is -0.610. The van der Waals surface area contributed by atoms with Gasteiger partial charge in [-0.3, -0.25) is 4.79 Å². The van der Waals surface area contributed by atoms with E-state index in [4.69, 9.17) is 5.73 Å². The van der Waals surface area contributed by atoms with E-state index in [2.05, 4.69) is 25.7 Å². The molecule has 1 amide bonds. The third-order valence-corrected chi connectivity index (χ3v) is 4.25. The SMILES string of the molecule is CCC[C@@H](N)C(=O)N1CCC(CN(CC)CC)CC1. The first-order chi connectivity index (χ1) is 9.12. The average Bonchev–Trinajstić information content (AvgIpc) is 2.45. The first-order valence-corrected chi connectivity index (χ1v) is 7.89. The zero-order valence-corrected chi connectivity index (χ0v) is 12.9. The van der Waals surface area contributed by atoms with Crippen LogP contribution >= 0.6 is 0 Å². The standard InChI is InChI=1S/C15H31N3O/c1-4-7-14(16)15(19)18-10-8-13(9-11-18)12-17(5-2)6-3/h13-14H,4-12,16H2,1-3H3/t14-/m1/s1. The van der Waals surface area contributed by atoms with E-state index in [1.165, 1.54) is 6.54 Å². The maximum atomic E-state index is 12.1. The maximum Gasteiger partial charge on any atom is 0.239 e. The molecule has 1 atom stereocenters. The minimum absolute atomic E-state index is 0.156. The van der Waals surface area contributed by atoms with Gasteiger partial charge in [0, 0.05) is 19.6 Å². The molecule has 112 valence electrons. The topological polar surface area (TPSA) is 49.6 Å². The molecular formula is C15H31N3O. The Balaban J connectivity index is 2.34. The van der Waals surface area contributed by atoms with Crippen molar-refractivity contribution < 1.29 is 4.79 Å². The fourth-order valence-corrected chi connectivity index (χ4v) is 2.85. The second kappa shape index (κ2) is 8.54. The molecule has 4 nitrogen and oxygen atoms in total. The van der Waals surface area contributed by atoms with Gasteiger partial charge in [-0.05, 0) is 38.3 Å². The van der Waals surface area contributed by atoms with E-state index in [1.54, 1.807) is 0 Å². The Kier molecular flexibility index (Phi) is 7.39. The molecule has 0 unspecified atom stereocenters. The first-order valence-electron chi connectivity index (χ1n) is 7.89. The van der Waals surface area contributed by atoms with Crippen molar-refractivity contribution in [1.82, 2.24) is 9.80 Å². The summed E-state index contributed by atoms with van der Waals surface area (Å²) in [5.74, 6) is 0.898. The predicted octanol–water partition coefficient (Wildman–Crippen LogP) is 1.69. The van der Waals surface area contributed by atoms with Crippen molar-refractivity contribution in [1.29, 1.82) is 0 Å². The summed E-state index contributed by atoms with van der Waals surface area (Å²) in [5, 5.41) is 0. The number of hydrogen-bond donors (Lipinski definition) is 1. The van der Waals surface area contributed by atoms with E-state index >= 15 is 0 Å². The second-order valence-electron chi connectivity index (χ2n) is 5.65. The monoisotopic (exact) mass is 269 g/mol. The van der Waals surface area contributed by atoms with E-state index in [-0.39, 0.29) is 11.9 Å². The van der Waals surface area contributed by atoms with Crippen molar-refractivity contribution in [3.63, 3.8) is 0 Å². The summed E-state index contributed by atoms with van der Waals surface area (Å²) in [6, 6.07) is -0.288. The second-order valence-corrected chi connectivity index (χ2v) is 5.65. The van der Waals surface area contributed by atoms with Crippen molar-refractivity contribution in [3.05, 3.63) is 0 Å². The third-order valence-electron chi connectivity index (χ3n) is 4.25. The van der Waals surface area contributed by atoms with E-state index in [1.807, 2.05) is 4.90 Å². The lowest BCUT2D eigenvalue weighted by Crippen LogP contribution is -2.48. The molecular weight excluding hydrogens is 238 g/mol. The van der Waals surface area contributed by atoms with Crippen LogP contribution in [0.3, 0.4) is 0 Å². The highest BCUT2D eigenvalue weighted by atomic mass is 16.2. The molecule has 1 heterocycles. The third kappa shape index (κ3) is 5.11. The van der Waals surface area contributed by atoms with Crippen molar-refractivity contribution >= 4 is 5.91 Å². The van der Waals surface area contributed by atoms with Gasteiger partial charge in [0.05, 0.1) is 6.04 Å². The number of nitrogens with two attached hydrogens (primary N) is 1. The molecule has 1 aliphatic rings. The highest BCUT2D eigenvalue weighted by Crippen LogP contribution is 2.19. The minimum Gasteiger partial charge on any atom is -0.341 e. The predicted molar refractivity (Wildman–Crippen MR) is 80.0 cm³/mol. The Labute approximate surface area is 118 Å². The molecule has 1 saturated heterocycles. The number of rotatable bonds is 7. The van der Waals surface area contributed by atoms with Gasteiger partial charge in [0.2, 0.25) is 5.91 Å². The summed E-state index contributed by atoms with van der Waals surface area (Å²) in [6.45, 7) is 11.7. The van der Waals surface area contributed by atoms with E-state index in [0.29, 0.717) is 0 Å². The summed E-state index contributed by atoms with van der Waals surface area (Å²) in [6.07, 6.45) is 4.03. The molecule has 0 aliphatic carbocycles. The zero-order valence-electron chi connectivity index (χ0n) is 12.9. The number of nitrogens with zero attached hydrogens (tertiary/aromatic N) is 2. The quantitative estimate of drug-likeness (QED) is 0.765. The Morgan fingerprint density at radius 2 is 1.84 bits per heavy atom. The van der Waals surface area contributed by atoms with Crippen LogP contribution in [0.2, 0.25) is 0 Å². The van der Waals surface area contributed by atoms with Crippen LogP contribution in [0.1, 0.15) is 46.5 Å². The van der Waals surface area contributed by atoms with Gasteiger partial charge in [0.1, 0.15) is 0 Å². The maximum absolute atomic E-state index is 12.1. The molecule has 1 aliphatic heterocycles. The van der Waals surface area contributed by atoms with E-state index in [0.717, 1.165) is 57.8 Å². The Morgan fingerprint density at radius 3 is 2.32 bits per heavy atom. The van der Waals surface area contributed by atoms with Gasteiger partial charge >= 0.3 is 0 Å². The molecule has 0 aromatic carbocycles. The van der Waals surface area contributed by atoms with Gasteiger partial charge < -0.3 is 15.5 Å². The Morgan fingerprint density at radius 1 is 1.26 bits per heavy atom. The molecule has 0 aromatic rings. The molecule has 0 radical (unpaired) electrons. The van der Waals surface area contributed by atoms with Gasteiger partial charge in [-0.15, -0.1) is 0 Å². The summed E-state index contributed by atoms with van der Waals surface area (Å²) in [4.78, 5) is 16.6. The number of hydrogen-bond acceptors (Lipinski definition) is 3. The molecule has 0 aromatic heterocycles. The highest BCUT2D eigenvalue weighted by Gasteiger charge is 2.26. The number of piperidine rings is 1. The van der Waals surface area contributed by atoms with Crippen LogP contribution in [0.15, 0.2) is 0 Å². The largest absolute Gasteiger partial charge is 0.341 e. The van der Waals surface area contributed by atoms with Crippen LogP contribution in [-0.2, 0) is 4.79 Å². The fourth-order valence-electron chi connectivity index (χ4n) is 2.85. The summed E-state index contributed by atoms with van der Waals surface area (Å²) in [5.41, 5.74) is 5.92. The van der Waals surface area contributed by atoms with Gasteiger partial charge in [-0.25, -0.2) is 0 Å². The molecule has 1 rings (SSSR count). The number of amides is 1. The highest BCUT2D eigenvalue weighted by molar-refractivity contribution is 5.81. The van der Waals surface area contributed by atoms with Crippen molar-refractivity contribution in [2.24, 2.45) is 11.7 Å². The molecule has 1 fully saturated rings. The lowest BCUT2D eigenvalue weighted by atomic mass is 9.95. The summed E-state index contributed by atoms with van der Waals surface area (Å²) >= 11 is 0. The van der Waals surface area contributed by atoms with Crippen LogP contribution in [0, 0.1) is 5.92 Å². The number of carbonyl (C=O) groups excluding carboxylic acids is 1. The van der Waals surface area contributed by atoms with Crippen LogP contribution in [0.5, 0.6) is 0 Å². The minimum atomic E-state index is -0.288. The lowest BCUT2D eigenvalue weighted by Gasteiger charge is -2.35. The van der Waals surface area contributed by atoms with E-state index < -0.39 is 0 Å². The molecule has 19 heavy (non-hydrogen) atoms. The van der Waals surface area contributed by atoms with Crippen molar-refractivity contribution in [2.75, 3.05) is 32.7 Å². The normalized spacial score (nSPS) is 18.9. The van der Waals surface area contributed by atoms with Crippen LogP contribution in [-0.4, -0.2) is 54.5 Å². The van der Waals surface area contributed by atoms with Crippen LogP contribution in [0.4, 0.5) is 0 Å². The van der Waals surface area contributed by atoms with Gasteiger partial charge in [-0.1, -0.05) is 27.2 Å². The summed E-state index contributed by atoms with van der Waals surface area (Å²) in [7, 11) is 0. The smallest absolute Gasteiger partial charge is 0.239 e. The average molecular weight is 269 g/mol. The van der Waals surface area contributed by atoms with E-state index in [9.17, 15) is 4.79 Å². The molecule has 2 N–H and O–H groups in total. The lowest BCUT2D eigenvalue weighted by molar-refractivity contribution is -0.134. The number of carbonyl (C=O) groups is 1. The fraction of sp³-hybridized carbons (Fsp3) is 0.933. The molecule has 4 heteroatoms. The van der Waals surface area contributed by atoms with Gasteiger partial charge in [0.15, 0.2) is 0 Å². The zero-order chi connectivity index (χ0) is 14.3.